The van der Waals surface area contributed by atoms with Gasteiger partial charge in [-0.2, -0.15) is 0 Å². The predicted octanol–water partition coefficient (Wildman–Crippen LogP) is 1.77. The number of benzene rings is 1. The number of alkyl carbamates (subject to hydrolysis) is 1. The van der Waals surface area contributed by atoms with E-state index < -0.39 is 12.1 Å². The first-order valence-corrected chi connectivity index (χ1v) is 10.7. The summed E-state index contributed by atoms with van der Waals surface area (Å²) in [6, 6.07) is 8.70. The molecule has 176 valence electrons. The first-order chi connectivity index (χ1) is 15.4. The van der Waals surface area contributed by atoms with Gasteiger partial charge in [-0.25, -0.2) is 4.79 Å². The van der Waals surface area contributed by atoms with Gasteiger partial charge in [0.05, 0.1) is 6.54 Å². The summed E-state index contributed by atoms with van der Waals surface area (Å²) in [5.41, 5.74) is 3.77. The summed E-state index contributed by atoms with van der Waals surface area (Å²) in [6.07, 6.45) is 2.56. The van der Waals surface area contributed by atoms with E-state index in [4.69, 9.17) is 9.57 Å². The van der Waals surface area contributed by atoms with Crippen molar-refractivity contribution in [2.75, 3.05) is 13.1 Å². The topological polar surface area (TPSA) is 121 Å². The Morgan fingerprint density at radius 1 is 1.22 bits per heavy atom. The van der Waals surface area contributed by atoms with Crippen molar-refractivity contribution in [1.82, 2.24) is 26.5 Å². The van der Waals surface area contributed by atoms with Crippen LogP contribution in [0, 0.1) is 11.8 Å². The number of hydrogen-bond acceptors (Lipinski definition) is 7. The molecule has 1 aromatic carbocycles. The Morgan fingerprint density at radius 3 is 2.66 bits per heavy atom. The highest BCUT2D eigenvalue weighted by Crippen LogP contribution is 2.10. The molecule has 0 radical (unpaired) electrons. The van der Waals surface area contributed by atoms with Gasteiger partial charge in [-0.3, -0.25) is 15.0 Å². The van der Waals surface area contributed by atoms with Crippen LogP contribution in [0.2, 0.25) is 0 Å². The molecule has 0 aromatic heterocycles. The van der Waals surface area contributed by atoms with Crippen LogP contribution in [0.3, 0.4) is 0 Å². The van der Waals surface area contributed by atoms with E-state index in [9.17, 15) is 14.4 Å². The molecule has 10 heteroatoms. The fourth-order valence-corrected chi connectivity index (χ4v) is 3.07. The van der Waals surface area contributed by atoms with Crippen LogP contribution in [0.1, 0.15) is 39.2 Å². The van der Waals surface area contributed by atoms with E-state index in [1.54, 1.807) is 0 Å². The molecule has 0 saturated carbocycles. The molecular formula is C22H33N5O5. The van der Waals surface area contributed by atoms with Gasteiger partial charge < -0.3 is 25.5 Å². The average molecular weight is 448 g/mol. The number of rotatable bonds is 13. The molecule has 4 N–H and O–H groups in total. The molecule has 0 aliphatic carbocycles. The van der Waals surface area contributed by atoms with E-state index in [1.807, 2.05) is 51.1 Å². The normalized spacial score (nSPS) is 15.1. The van der Waals surface area contributed by atoms with Gasteiger partial charge in [-0.15, -0.1) is 0 Å². The molecule has 0 fully saturated rings. The number of ether oxygens (including phenoxy) is 1. The molecule has 2 rings (SSSR count). The van der Waals surface area contributed by atoms with Gasteiger partial charge in [0.15, 0.2) is 12.1 Å². The van der Waals surface area contributed by atoms with E-state index in [-0.39, 0.29) is 24.3 Å². The molecule has 1 aromatic rings. The molecule has 3 amide bonds. The van der Waals surface area contributed by atoms with Gasteiger partial charge in [-0.05, 0) is 30.2 Å². The van der Waals surface area contributed by atoms with Gasteiger partial charge in [0.1, 0.15) is 12.6 Å². The molecule has 0 bridgehead atoms. The fourth-order valence-electron chi connectivity index (χ4n) is 3.07. The lowest BCUT2D eigenvalue weighted by atomic mass is 10.0. The Morgan fingerprint density at radius 2 is 1.97 bits per heavy atom. The SMILES string of the molecule is CC(C)C[C@H](NC(=O)OCc1ccccc1)C(=O)NCCC(C)CN1NC(NC=O)=CO1. The van der Waals surface area contributed by atoms with Crippen molar-refractivity contribution in [2.45, 2.75) is 46.3 Å². The van der Waals surface area contributed by atoms with Crippen molar-refractivity contribution in [3.8, 4) is 0 Å². The third-order valence-corrected chi connectivity index (χ3v) is 4.70. The van der Waals surface area contributed by atoms with Crippen molar-refractivity contribution in [3.63, 3.8) is 0 Å². The van der Waals surface area contributed by atoms with E-state index in [0.717, 1.165) is 5.56 Å². The minimum atomic E-state index is -0.668. The highest BCUT2D eigenvalue weighted by atomic mass is 16.7. The number of hydroxylamine groups is 1. The maximum Gasteiger partial charge on any atom is 0.408 e. The monoisotopic (exact) mass is 447 g/mol. The number of carbonyl (C=O) groups is 3. The minimum absolute atomic E-state index is 0.145. The molecule has 1 aliphatic heterocycles. The summed E-state index contributed by atoms with van der Waals surface area (Å²) in [5, 5.41) is 9.54. The standard InChI is InChI=1S/C22H33N5O5/c1-16(2)11-19(25-22(30)31-13-18-7-5-4-6-8-18)21(29)23-10-9-17(3)12-27-26-20(14-32-27)24-15-28/h4-8,14-17,19,26H,9-13H2,1-3H3,(H,23,29)(H,24,28)(H,25,30)/t17?,19-/m0/s1. The van der Waals surface area contributed by atoms with Crippen molar-refractivity contribution < 1.29 is 24.0 Å². The third-order valence-electron chi connectivity index (χ3n) is 4.70. The summed E-state index contributed by atoms with van der Waals surface area (Å²) in [7, 11) is 0. The third kappa shape index (κ3) is 9.25. The number of nitrogens with one attached hydrogen (secondary N) is 4. The first kappa shape index (κ1) is 25.0. The Balaban J connectivity index is 1.72. The van der Waals surface area contributed by atoms with Crippen LogP contribution >= 0.6 is 0 Å². The number of nitrogens with zero attached hydrogens (tertiary/aromatic N) is 1. The van der Waals surface area contributed by atoms with Gasteiger partial charge in [0.2, 0.25) is 12.3 Å². The van der Waals surface area contributed by atoms with E-state index in [2.05, 4.69) is 21.4 Å². The molecule has 2 atom stereocenters. The van der Waals surface area contributed by atoms with E-state index in [1.165, 1.54) is 11.4 Å². The number of hydrazine groups is 1. The summed E-state index contributed by atoms with van der Waals surface area (Å²) in [5.74, 6) is 0.637. The molecule has 32 heavy (non-hydrogen) atoms. The minimum Gasteiger partial charge on any atom is -0.445 e. The van der Waals surface area contributed by atoms with Crippen LogP contribution in [-0.2, 0) is 25.8 Å². The quantitative estimate of drug-likeness (QED) is 0.340. The molecule has 1 unspecified atom stereocenters. The second kappa shape index (κ2) is 13.2. The summed E-state index contributed by atoms with van der Waals surface area (Å²) < 4.78 is 5.25. The van der Waals surface area contributed by atoms with Gasteiger partial charge in [-0.1, -0.05) is 56.3 Å². The maximum atomic E-state index is 12.7. The second-order valence-electron chi connectivity index (χ2n) is 8.15. The lowest BCUT2D eigenvalue weighted by molar-refractivity contribution is -0.125. The Kier molecular flexibility index (Phi) is 10.3. The van der Waals surface area contributed by atoms with E-state index in [0.29, 0.717) is 38.2 Å². The largest absolute Gasteiger partial charge is 0.445 e. The maximum absolute atomic E-state index is 12.7. The Bertz CT molecular complexity index is 771. The second-order valence-corrected chi connectivity index (χ2v) is 8.15. The van der Waals surface area contributed by atoms with Crippen LogP contribution in [0.25, 0.3) is 0 Å². The van der Waals surface area contributed by atoms with Gasteiger partial charge >= 0.3 is 6.09 Å². The van der Waals surface area contributed by atoms with Crippen LogP contribution < -0.4 is 21.4 Å². The molecule has 10 nitrogen and oxygen atoms in total. The average Bonchev–Trinajstić information content (AvgIpc) is 3.19. The lowest BCUT2D eigenvalue weighted by Crippen LogP contribution is -2.48. The van der Waals surface area contributed by atoms with Gasteiger partial charge in [0, 0.05) is 6.54 Å². The highest BCUT2D eigenvalue weighted by molar-refractivity contribution is 5.85. The number of amides is 3. The predicted molar refractivity (Wildman–Crippen MR) is 118 cm³/mol. The van der Waals surface area contributed by atoms with Crippen molar-refractivity contribution in [1.29, 1.82) is 0 Å². The fraction of sp³-hybridized carbons (Fsp3) is 0.500. The zero-order valence-electron chi connectivity index (χ0n) is 18.8. The van der Waals surface area contributed by atoms with Gasteiger partial charge in [0.25, 0.3) is 0 Å². The smallest absolute Gasteiger partial charge is 0.408 e. The molecule has 0 saturated heterocycles. The zero-order chi connectivity index (χ0) is 23.3. The Labute approximate surface area is 188 Å². The first-order valence-electron chi connectivity index (χ1n) is 10.7. The number of carbonyl (C=O) groups excluding carboxylic acids is 3. The van der Waals surface area contributed by atoms with Crippen LogP contribution in [-0.4, -0.2) is 42.7 Å². The van der Waals surface area contributed by atoms with Crippen molar-refractivity contribution in [3.05, 3.63) is 48.0 Å². The highest BCUT2D eigenvalue weighted by Gasteiger charge is 2.23. The molecule has 1 aliphatic rings. The molecular weight excluding hydrogens is 414 g/mol. The summed E-state index contributed by atoms with van der Waals surface area (Å²) in [6.45, 7) is 7.15. The molecule has 0 spiro atoms. The van der Waals surface area contributed by atoms with Crippen molar-refractivity contribution >= 4 is 18.4 Å². The van der Waals surface area contributed by atoms with Crippen LogP contribution in [0.4, 0.5) is 4.79 Å². The van der Waals surface area contributed by atoms with Crippen molar-refractivity contribution in [2.24, 2.45) is 11.8 Å². The van der Waals surface area contributed by atoms with E-state index >= 15 is 0 Å². The summed E-state index contributed by atoms with van der Waals surface area (Å²) >= 11 is 0. The summed E-state index contributed by atoms with van der Waals surface area (Å²) in [4.78, 5) is 40.6. The number of hydrogen-bond donors (Lipinski definition) is 4. The van der Waals surface area contributed by atoms with Crippen LogP contribution in [0.15, 0.2) is 42.4 Å². The zero-order valence-corrected chi connectivity index (χ0v) is 18.8. The van der Waals surface area contributed by atoms with Crippen LogP contribution in [0.5, 0.6) is 0 Å². The Hall–Kier alpha value is -3.27. The molecule has 1 heterocycles. The lowest BCUT2D eigenvalue weighted by Gasteiger charge is -2.22.